The molecule has 1 heterocycles. The van der Waals surface area contributed by atoms with E-state index in [2.05, 4.69) is 142 Å². The molecule has 1 aliphatic rings. The summed E-state index contributed by atoms with van der Waals surface area (Å²) in [5.41, 5.74) is 11.3. The maximum Gasteiger partial charge on any atom is 0.0195 e. The van der Waals surface area contributed by atoms with Gasteiger partial charge in [-0.1, -0.05) is 107 Å². The van der Waals surface area contributed by atoms with Gasteiger partial charge in [0, 0.05) is 33.8 Å². The van der Waals surface area contributed by atoms with Crippen LogP contribution in [0, 0.1) is 12.7 Å². The van der Waals surface area contributed by atoms with Crippen LogP contribution in [0.2, 0.25) is 0 Å². The average Bonchev–Trinajstić information content (AvgIpc) is 3.42. The van der Waals surface area contributed by atoms with Crippen molar-refractivity contribution in [2.45, 2.75) is 119 Å². The Bertz CT molecular complexity index is 1120. The summed E-state index contributed by atoms with van der Waals surface area (Å²) in [4.78, 5) is 4.75. The number of hydrogen-bond donors (Lipinski definition) is 0. The Morgan fingerprint density at radius 1 is 0.476 bits per heavy atom. The number of hydrogen-bond acceptors (Lipinski definition) is 2. The van der Waals surface area contributed by atoms with Gasteiger partial charge in [-0.05, 0) is 81.3 Å². The molecule has 2 nitrogen and oxygen atoms in total. The molecule has 0 saturated carbocycles. The number of benzene rings is 3. The van der Waals surface area contributed by atoms with Gasteiger partial charge >= 0.3 is 0 Å². The molecule has 0 fully saturated rings. The molecule has 0 bridgehead atoms. The Labute approximate surface area is 274 Å². The largest absolute Gasteiger partial charge is 0.479 e. The van der Waals surface area contributed by atoms with Crippen molar-refractivity contribution in [2.75, 3.05) is 9.80 Å². The number of nitrogens with zero attached hydrogens (tertiary/aromatic N) is 2. The molecule has 0 aliphatic carbocycles. The van der Waals surface area contributed by atoms with Gasteiger partial charge in [-0.3, -0.25) is 0 Å². The Kier molecular flexibility index (Phi) is 13.7. The van der Waals surface area contributed by atoms with Crippen LogP contribution in [0.5, 0.6) is 0 Å². The molecule has 0 N–H and O–H groups in total. The molecule has 1 radical (unpaired) electrons. The van der Waals surface area contributed by atoms with E-state index in [1.165, 1.54) is 44.8 Å². The van der Waals surface area contributed by atoms with Crippen molar-refractivity contribution in [1.29, 1.82) is 0 Å². The summed E-state index contributed by atoms with van der Waals surface area (Å²) < 4.78 is 0. The van der Waals surface area contributed by atoms with Crippen LogP contribution >= 0.6 is 0 Å². The average molecular weight is 748 g/mol. The van der Waals surface area contributed by atoms with Crippen LogP contribution in [0.25, 0.3) is 0 Å². The van der Waals surface area contributed by atoms with E-state index in [-0.39, 0.29) is 22.4 Å². The molecule has 0 spiro atoms. The van der Waals surface area contributed by atoms with Gasteiger partial charge < -0.3 is 9.80 Å². The van der Waals surface area contributed by atoms with Crippen molar-refractivity contribution in [1.82, 2.24) is 0 Å². The summed E-state index contributed by atoms with van der Waals surface area (Å²) in [5.74, 6) is 2.88. The fourth-order valence-electron chi connectivity index (χ4n) is 5.39. The molecule has 233 valence electrons. The van der Waals surface area contributed by atoms with Crippen molar-refractivity contribution >= 4 is 11.4 Å². The van der Waals surface area contributed by atoms with Gasteiger partial charge in [0.25, 0.3) is 0 Å². The van der Waals surface area contributed by atoms with Gasteiger partial charge in [-0.2, -0.15) is 36.4 Å². The molecule has 3 aromatic rings. The first-order chi connectivity index (χ1) is 19.3. The molecule has 0 atom stereocenters. The molecule has 0 aromatic heterocycles. The summed E-state index contributed by atoms with van der Waals surface area (Å²) in [6.45, 7) is 30.1. The molecule has 3 aromatic carbocycles. The normalized spacial score (nSPS) is 13.1. The van der Waals surface area contributed by atoms with Gasteiger partial charge in [0.2, 0.25) is 0 Å². The number of rotatable bonds is 8. The van der Waals surface area contributed by atoms with Gasteiger partial charge in [-0.25, -0.2) is 0 Å². The van der Waals surface area contributed by atoms with Crippen LogP contribution in [0.1, 0.15) is 152 Å². The maximum absolute atomic E-state index is 2.89. The zero-order valence-electron chi connectivity index (χ0n) is 28.1. The van der Waals surface area contributed by atoms with E-state index in [0.717, 1.165) is 0 Å². The standard InChI is InChI=1S/C33H49N2.C6H5.Au/c1-20(2)26-15-28(22(5)6)32(29(16-26)23(7)8)34-13-14-35(19-34)33-30(24(9)10)17-27(21(3)4)18-31(33)25(11)12;1-2-4-6-5-3-1;/h13-25H,1-12H3;1-5H;/q2*-1;. The second-order valence-electron chi connectivity index (χ2n) is 13.3. The van der Waals surface area contributed by atoms with Gasteiger partial charge in [-0.15, -0.1) is 6.67 Å². The maximum atomic E-state index is 2.89. The minimum absolute atomic E-state index is 0. The molecule has 1 aliphatic heterocycles. The topological polar surface area (TPSA) is 6.48 Å². The van der Waals surface area contributed by atoms with Crippen molar-refractivity contribution in [3.63, 3.8) is 0 Å². The molecular weight excluding hydrogens is 693 g/mol. The van der Waals surface area contributed by atoms with E-state index in [4.69, 9.17) is 0 Å². The van der Waals surface area contributed by atoms with Crippen molar-refractivity contribution < 1.29 is 22.4 Å². The first-order valence-corrected chi connectivity index (χ1v) is 15.7. The van der Waals surface area contributed by atoms with Gasteiger partial charge in [0.15, 0.2) is 0 Å². The van der Waals surface area contributed by atoms with E-state index in [1.807, 2.05) is 30.3 Å². The smallest absolute Gasteiger partial charge is 0.0195 e. The van der Waals surface area contributed by atoms with E-state index in [1.54, 1.807) is 0 Å². The fraction of sp³-hybridized carbons (Fsp3) is 0.462. The molecular formula is C39H54AuN2-2. The second-order valence-corrected chi connectivity index (χ2v) is 13.3. The molecule has 42 heavy (non-hydrogen) atoms. The first-order valence-electron chi connectivity index (χ1n) is 15.7. The SMILES string of the molecule is CC(C)c1cc(C(C)C)c(N2C=CN(c3c(C(C)C)cc(C(C)C)cc3C(C)C)[CH-]2)c(C(C)C)c1.[Au].[c-]1ccccc1. The van der Waals surface area contributed by atoms with Crippen LogP contribution < -0.4 is 9.80 Å². The Balaban J connectivity index is 0.000000782. The van der Waals surface area contributed by atoms with E-state index in [0.29, 0.717) is 35.5 Å². The van der Waals surface area contributed by atoms with Crippen molar-refractivity contribution in [2.24, 2.45) is 0 Å². The fourth-order valence-corrected chi connectivity index (χ4v) is 5.39. The quantitative estimate of drug-likeness (QED) is 0.167. The summed E-state index contributed by atoms with van der Waals surface area (Å²) in [5, 5.41) is 0. The minimum atomic E-state index is 0. The number of anilines is 2. The second kappa shape index (κ2) is 16.0. The van der Waals surface area contributed by atoms with Crippen molar-refractivity contribution in [3.05, 3.63) is 113 Å². The van der Waals surface area contributed by atoms with Crippen molar-refractivity contribution in [3.8, 4) is 0 Å². The monoisotopic (exact) mass is 747 g/mol. The van der Waals surface area contributed by atoms with Crippen LogP contribution in [-0.2, 0) is 22.4 Å². The first kappa shape index (κ1) is 35.9. The third-order valence-electron chi connectivity index (χ3n) is 7.96. The van der Waals surface area contributed by atoms with Crippen LogP contribution in [0.3, 0.4) is 0 Å². The summed E-state index contributed by atoms with van der Waals surface area (Å²) in [7, 11) is 0. The third kappa shape index (κ3) is 8.65. The van der Waals surface area contributed by atoms with E-state index in [9.17, 15) is 0 Å². The van der Waals surface area contributed by atoms with E-state index >= 15 is 0 Å². The molecule has 3 heteroatoms. The van der Waals surface area contributed by atoms with Gasteiger partial charge in [0.05, 0.1) is 0 Å². The van der Waals surface area contributed by atoms with Crippen LogP contribution in [0.15, 0.2) is 67.0 Å². The van der Waals surface area contributed by atoms with E-state index < -0.39 is 0 Å². The predicted molar refractivity (Wildman–Crippen MR) is 181 cm³/mol. The summed E-state index contributed by atoms with van der Waals surface area (Å²) >= 11 is 0. The molecule has 0 unspecified atom stereocenters. The van der Waals surface area contributed by atoms with Crippen LogP contribution in [-0.4, -0.2) is 0 Å². The molecule has 4 rings (SSSR count). The molecule has 0 amide bonds. The molecule has 0 saturated heterocycles. The Hall–Kier alpha value is -2.26. The Morgan fingerprint density at radius 2 is 0.786 bits per heavy atom. The Morgan fingerprint density at radius 3 is 0.976 bits per heavy atom. The predicted octanol–water partition coefficient (Wildman–Crippen LogP) is 11.8. The zero-order chi connectivity index (χ0) is 30.4. The summed E-state index contributed by atoms with van der Waals surface area (Å²) in [6.07, 6.45) is 4.51. The summed E-state index contributed by atoms with van der Waals surface area (Å²) in [6, 6.07) is 22.3. The van der Waals surface area contributed by atoms with Gasteiger partial charge in [0.1, 0.15) is 0 Å². The third-order valence-corrected chi connectivity index (χ3v) is 7.96. The zero-order valence-corrected chi connectivity index (χ0v) is 30.3. The van der Waals surface area contributed by atoms with Crippen LogP contribution in [0.4, 0.5) is 11.4 Å². The minimum Gasteiger partial charge on any atom is -0.479 e.